The molecule has 0 spiro atoms. The SMILES string of the molecule is O=C(CCN1CCc2sccc2[C@H]1c1cccc(F)c1)N1CCN(C(=O)c2ccc([N+](=O)[O-])cc2)CC1. The highest BCUT2D eigenvalue weighted by Gasteiger charge is 2.31. The van der Waals surface area contributed by atoms with Gasteiger partial charge in [-0.15, -0.1) is 11.3 Å². The molecule has 1 saturated heterocycles. The predicted molar refractivity (Wildman–Crippen MR) is 138 cm³/mol. The molecule has 0 bridgehead atoms. The summed E-state index contributed by atoms with van der Waals surface area (Å²) in [6, 6.07) is 14.3. The van der Waals surface area contributed by atoms with Crippen molar-refractivity contribution in [1.82, 2.24) is 14.7 Å². The number of nitro benzene ring substituents is 1. The zero-order valence-electron chi connectivity index (χ0n) is 20.2. The van der Waals surface area contributed by atoms with Gasteiger partial charge in [0.25, 0.3) is 11.6 Å². The maximum atomic E-state index is 14.0. The smallest absolute Gasteiger partial charge is 0.269 e. The van der Waals surface area contributed by atoms with Gasteiger partial charge in [-0.25, -0.2) is 4.39 Å². The first kappa shape index (κ1) is 25.0. The number of hydrogen-bond acceptors (Lipinski definition) is 6. The van der Waals surface area contributed by atoms with Crippen molar-refractivity contribution in [2.24, 2.45) is 0 Å². The Balaban J connectivity index is 1.18. The van der Waals surface area contributed by atoms with Gasteiger partial charge in [-0.1, -0.05) is 12.1 Å². The second-order valence-corrected chi connectivity index (χ2v) is 10.3. The van der Waals surface area contributed by atoms with E-state index >= 15 is 0 Å². The van der Waals surface area contributed by atoms with E-state index in [1.807, 2.05) is 6.07 Å². The molecule has 8 nitrogen and oxygen atoms in total. The topological polar surface area (TPSA) is 87.0 Å². The molecule has 3 aromatic rings. The molecule has 192 valence electrons. The summed E-state index contributed by atoms with van der Waals surface area (Å²) in [5, 5.41) is 12.9. The number of nitrogens with zero attached hydrogens (tertiary/aromatic N) is 4. The minimum absolute atomic E-state index is 0.0385. The molecule has 3 heterocycles. The Kier molecular flexibility index (Phi) is 7.29. The van der Waals surface area contributed by atoms with Crippen LogP contribution in [0.25, 0.3) is 0 Å². The molecule has 0 saturated carbocycles. The van der Waals surface area contributed by atoms with Crippen molar-refractivity contribution < 1.29 is 18.9 Å². The summed E-state index contributed by atoms with van der Waals surface area (Å²) in [6.45, 7) is 3.08. The fourth-order valence-electron chi connectivity index (χ4n) is 5.14. The largest absolute Gasteiger partial charge is 0.339 e. The summed E-state index contributed by atoms with van der Waals surface area (Å²) in [5.41, 5.74) is 2.42. The highest BCUT2D eigenvalue weighted by Crippen LogP contribution is 2.38. The van der Waals surface area contributed by atoms with Crippen LogP contribution in [-0.2, 0) is 11.2 Å². The lowest BCUT2D eigenvalue weighted by Crippen LogP contribution is -2.51. The van der Waals surface area contributed by atoms with Crippen LogP contribution in [0.1, 0.15) is 38.8 Å². The fraction of sp³-hybridized carbons (Fsp3) is 0.333. The lowest BCUT2D eigenvalue weighted by atomic mass is 9.93. The van der Waals surface area contributed by atoms with E-state index in [0.29, 0.717) is 44.7 Å². The summed E-state index contributed by atoms with van der Waals surface area (Å²) in [5.74, 6) is -0.423. The third-order valence-electron chi connectivity index (χ3n) is 7.09. The molecule has 0 aliphatic carbocycles. The lowest BCUT2D eigenvalue weighted by molar-refractivity contribution is -0.384. The monoisotopic (exact) mass is 522 g/mol. The number of non-ortho nitro benzene ring substituents is 1. The minimum atomic E-state index is -0.498. The van der Waals surface area contributed by atoms with Crippen molar-refractivity contribution in [1.29, 1.82) is 0 Å². The first-order valence-electron chi connectivity index (χ1n) is 12.3. The fourth-order valence-corrected chi connectivity index (χ4v) is 6.04. The molecule has 37 heavy (non-hydrogen) atoms. The maximum absolute atomic E-state index is 14.0. The van der Waals surface area contributed by atoms with Crippen molar-refractivity contribution in [3.8, 4) is 0 Å². The minimum Gasteiger partial charge on any atom is -0.339 e. The second kappa shape index (κ2) is 10.8. The number of piperazine rings is 1. The van der Waals surface area contributed by atoms with E-state index in [-0.39, 0.29) is 29.4 Å². The Morgan fingerprint density at radius 2 is 1.73 bits per heavy atom. The Hall–Kier alpha value is -3.63. The molecule has 2 amide bonds. The van der Waals surface area contributed by atoms with Crippen molar-refractivity contribution in [3.63, 3.8) is 0 Å². The van der Waals surface area contributed by atoms with Crippen molar-refractivity contribution in [2.45, 2.75) is 18.9 Å². The maximum Gasteiger partial charge on any atom is 0.269 e. The number of carbonyl (C=O) groups excluding carboxylic acids is 2. The van der Waals surface area contributed by atoms with Gasteiger partial charge in [0.2, 0.25) is 5.91 Å². The highest BCUT2D eigenvalue weighted by molar-refractivity contribution is 7.10. The Labute approximate surface area is 218 Å². The van der Waals surface area contributed by atoms with Gasteiger partial charge in [0, 0.05) is 68.3 Å². The summed E-state index contributed by atoms with van der Waals surface area (Å²) in [6.07, 6.45) is 1.26. The van der Waals surface area contributed by atoms with Gasteiger partial charge in [0.1, 0.15) is 5.82 Å². The number of halogens is 1. The highest BCUT2D eigenvalue weighted by atomic mass is 32.1. The van der Waals surface area contributed by atoms with Gasteiger partial charge in [-0.3, -0.25) is 24.6 Å². The molecule has 1 fully saturated rings. The van der Waals surface area contributed by atoms with Gasteiger partial charge >= 0.3 is 0 Å². The van der Waals surface area contributed by atoms with Crippen LogP contribution in [0.15, 0.2) is 60.0 Å². The number of amides is 2. The number of hydrogen-bond donors (Lipinski definition) is 0. The molecule has 0 unspecified atom stereocenters. The zero-order valence-corrected chi connectivity index (χ0v) is 21.0. The lowest BCUT2D eigenvalue weighted by Gasteiger charge is -2.38. The first-order valence-corrected chi connectivity index (χ1v) is 13.2. The number of fused-ring (bicyclic) bond motifs is 1. The van der Waals surface area contributed by atoms with E-state index < -0.39 is 4.92 Å². The van der Waals surface area contributed by atoms with Crippen LogP contribution in [0.2, 0.25) is 0 Å². The number of carbonyl (C=O) groups is 2. The molecular formula is C27H27FN4O4S. The number of benzene rings is 2. The van der Waals surface area contributed by atoms with Crippen LogP contribution < -0.4 is 0 Å². The summed E-state index contributed by atoms with van der Waals surface area (Å²) in [7, 11) is 0. The van der Waals surface area contributed by atoms with Crippen LogP contribution in [-0.4, -0.2) is 70.7 Å². The molecule has 10 heteroatoms. The average Bonchev–Trinajstić information content (AvgIpc) is 3.40. The first-order chi connectivity index (χ1) is 17.9. The van der Waals surface area contributed by atoms with Crippen molar-refractivity contribution >= 4 is 28.8 Å². The van der Waals surface area contributed by atoms with Crippen LogP contribution >= 0.6 is 11.3 Å². The summed E-state index contributed by atoms with van der Waals surface area (Å²) in [4.78, 5) is 43.2. The Bertz CT molecular complexity index is 1300. The third kappa shape index (κ3) is 5.40. The Morgan fingerprint density at radius 3 is 2.43 bits per heavy atom. The zero-order chi connectivity index (χ0) is 25.9. The van der Waals surface area contributed by atoms with E-state index in [0.717, 1.165) is 18.5 Å². The molecule has 5 rings (SSSR count). The molecule has 2 aromatic carbocycles. The molecule has 0 radical (unpaired) electrons. The average molecular weight is 523 g/mol. The van der Waals surface area contributed by atoms with E-state index in [1.165, 1.54) is 40.8 Å². The molecule has 2 aliphatic rings. The van der Waals surface area contributed by atoms with Gasteiger partial charge < -0.3 is 9.80 Å². The van der Waals surface area contributed by atoms with Crippen LogP contribution in [0.4, 0.5) is 10.1 Å². The summed E-state index contributed by atoms with van der Waals surface area (Å²) < 4.78 is 14.0. The van der Waals surface area contributed by atoms with E-state index in [9.17, 15) is 24.1 Å². The van der Waals surface area contributed by atoms with Crippen LogP contribution in [0.3, 0.4) is 0 Å². The van der Waals surface area contributed by atoms with E-state index in [2.05, 4.69) is 16.3 Å². The van der Waals surface area contributed by atoms with Crippen LogP contribution in [0, 0.1) is 15.9 Å². The van der Waals surface area contributed by atoms with Gasteiger partial charge in [0.05, 0.1) is 11.0 Å². The number of thiophene rings is 1. The van der Waals surface area contributed by atoms with E-state index in [4.69, 9.17) is 0 Å². The quantitative estimate of drug-likeness (QED) is 0.359. The standard InChI is InChI=1S/C27H27FN4O4S/c28-21-3-1-2-20(18-21)26-23-10-17-37-24(23)8-11-30(26)12-9-25(33)29-13-15-31(16-14-29)27(34)19-4-6-22(7-5-19)32(35)36/h1-7,10,17-18,26H,8-9,11-16H2/t26-/m1/s1. The number of rotatable bonds is 6. The molecule has 0 N–H and O–H groups in total. The van der Waals surface area contributed by atoms with Gasteiger partial charge in [-0.05, 0) is 53.3 Å². The Morgan fingerprint density at radius 1 is 1.00 bits per heavy atom. The molecule has 1 atom stereocenters. The van der Waals surface area contributed by atoms with Gasteiger partial charge in [0.15, 0.2) is 0 Å². The molecular weight excluding hydrogens is 495 g/mol. The summed E-state index contributed by atoms with van der Waals surface area (Å²) >= 11 is 1.72. The predicted octanol–water partition coefficient (Wildman–Crippen LogP) is 4.12. The third-order valence-corrected chi connectivity index (χ3v) is 8.08. The van der Waals surface area contributed by atoms with Gasteiger partial charge in [-0.2, -0.15) is 0 Å². The van der Waals surface area contributed by atoms with Crippen LogP contribution in [0.5, 0.6) is 0 Å². The number of nitro groups is 1. The van der Waals surface area contributed by atoms with Crippen molar-refractivity contribution in [2.75, 3.05) is 39.3 Å². The van der Waals surface area contributed by atoms with E-state index in [1.54, 1.807) is 33.3 Å². The second-order valence-electron chi connectivity index (χ2n) is 9.27. The molecule has 2 aliphatic heterocycles. The molecule has 1 aromatic heterocycles. The normalized spacial score (nSPS) is 17.9. The van der Waals surface area contributed by atoms with Crippen molar-refractivity contribution in [3.05, 3.63) is 97.5 Å².